The van der Waals surface area contributed by atoms with E-state index in [2.05, 4.69) is 55.6 Å². The third kappa shape index (κ3) is 34.5. The fourth-order valence-electron chi connectivity index (χ4n) is 5.08. The van der Waals surface area contributed by atoms with Crippen molar-refractivity contribution < 1.29 is 47.8 Å². The number of rotatable bonds is 36. The number of phosphoric acid groups is 1. The van der Waals surface area contributed by atoms with Crippen LogP contribution >= 0.6 is 7.82 Å². The highest BCUT2D eigenvalue weighted by molar-refractivity contribution is 7.47. The molecule has 0 aliphatic rings. The minimum atomic E-state index is -4.74. The van der Waals surface area contributed by atoms with Crippen LogP contribution in [0, 0.1) is 0 Å². The van der Waals surface area contributed by atoms with E-state index in [1.807, 2.05) is 0 Å². The maximum atomic E-state index is 12.2. The molecule has 3 unspecified atom stereocenters. The molecule has 51 heavy (non-hydrogen) atoms. The third-order valence-electron chi connectivity index (χ3n) is 8.18. The van der Waals surface area contributed by atoms with Crippen molar-refractivity contribution in [1.29, 1.82) is 0 Å². The van der Waals surface area contributed by atoms with E-state index < -0.39 is 57.6 Å². The van der Waals surface area contributed by atoms with Crippen LogP contribution in [0.25, 0.3) is 0 Å². The minimum Gasteiger partial charge on any atom is -0.480 e. The average molecular weight is 744 g/mol. The summed E-state index contributed by atoms with van der Waals surface area (Å²) in [6.45, 7) is 2.44. The van der Waals surface area contributed by atoms with Gasteiger partial charge in [-0.3, -0.25) is 18.6 Å². The number of carboxylic acids is 1. The van der Waals surface area contributed by atoms with E-state index in [4.69, 9.17) is 13.8 Å². The van der Waals surface area contributed by atoms with E-state index in [1.165, 1.54) is 51.4 Å². The van der Waals surface area contributed by atoms with Gasteiger partial charge < -0.3 is 25.2 Å². The number of hydrogen-bond donors (Lipinski definition) is 4. The summed E-state index contributed by atoms with van der Waals surface area (Å²) >= 11 is 0. The van der Waals surface area contributed by atoms with E-state index in [0.717, 1.165) is 70.6 Å². The zero-order chi connectivity index (χ0) is 37.8. The molecular weight excluding hydrogens is 673 g/mol. The predicted molar refractivity (Wildman–Crippen MR) is 203 cm³/mol. The lowest BCUT2D eigenvalue weighted by atomic mass is 10.1. The summed E-state index contributed by atoms with van der Waals surface area (Å²) in [5, 5.41) is 21.6. The number of carbonyl (C=O) groups is 3. The molecular formula is C39H70NO10P. The maximum Gasteiger partial charge on any atom is 0.472 e. The summed E-state index contributed by atoms with van der Waals surface area (Å²) in [4.78, 5) is 45.4. The lowest BCUT2D eigenvalue weighted by molar-refractivity contribution is -0.147. The normalized spacial score (nSPS) is 14.3. The highest BCUT2D eigenvalue weighted by Crippen LogP contribution is 2.43. The van der Waals surface area contributed by atoms with Crippen molar-refractivity contribution in [2.45, 2.75) is 174 Å². The van der Waals surface area contributed by atoms with Gasteiger partial charge in [-0.05, 0) is 51.4 Å². The maximum absolute atomic E-state index is 12.2. The van der Waals surface area contributed by atoms with E-state index in [0.29, 0.717) is 12.8 Å². The Bertz CT molecular complexity index is 1020. The van der Waals surface area contributed by atoms with Crippen LogP contribution in [0.1, 0.15) is 162 Å². The summed E-state index contributed by atoms with van der Waals surface area (Å²) in [6.07, 6.45) is 35.1. The second kappa shape index (κ2) is 34.8. The van der Waals surface area contributed by atoms with Crippen molar-refractivity contribution in [3.8, 4) is 0 Å². The molecule has 0 aromatic heterocycles. The molecule has 12 heteroatoms. The molecule has 0 heterocycles. The Balaban J connectivity index is 3.85. The van der Waals surface area contributed by atoms with Crippen LogP contribution in [0.3, 0.4) is 0 Å². The molecule has 0 rings (SSSR count). The van der Waals surface area contributed by atoms with Crippen LogP contribution < -0.4 is 5.32 Å². The Morgan fingerprint density at radius 1 is 0.627 bits per heavy atom. The molecule has 0 saturated heterocycles. The number of esters is 1. The van der Waals surface area contributed by atoms with Gasteiger partial charge in [0.15, 0.2) is 6.04 Å². The smallest absolute Gasteiger partial charge is 0.472 e. The van der Waals surface area contributed by atoms with E-state index in [-0.39, 0.29) is 12.8 Å². The average Bonchev–Trinajstić information content (AvgIpc) is 3.10. The minimum absolute atomic E-state index is 0.142. The number of carbonyl (C=O) groups excluding carboxylic acids is 2. The standard InChI is InChI=1S/C39H70NO10P/c1-3-5-7-9-11-12-13-14-15-16-17-18-19-20-21-22-23-24-25-27-29-31-38(43)48-32-35(41)33-49-51(46,47)50-34-36(39(44)45)40-37(42)30-28-26-10-8-6-4-2/h11-12,14-15,17-18,35-36,41H,3-10,13,16,19-34H2,1-2H3,(H,40,42)(H,44,45)(H,46,47)/b12-11-,15-14-,18-17-. The lowest BCUT2D eigenvalue weighted by Crippen LogP contribution is -2.43. The summed E-state index contributed by atoms with van der Waals surface area (Å²) in [5.74, 6) is -2.39. The molecule has 0 saturated carbocycles. The topological polar surface area (TPSA) is 169 Å². The van der Waals surface area contributed by atoms with Gasteiger partial charge in [0.2, 0.25) is 5.91 Å². The van der Waals surface area contributed by atoms with Gasteiger partial charge in [-0.2, -0.15) is 0 Å². The Hall–Kier alpha value is -2.30. The van der Waals surface area contributed by atoms with Crippen molar-refractivity contribution in [1.82, 2.24) is 5.32 Å². The first-order valence-corrected chi connectivity index (χ1v) is 21.0. The number of hydrogen-bond acceptors (Lipinski definition) is 8. The van der Waals surface area contributed by atoms with Gasteiger partial charge in [0.05, 0.1) is 13.2 Å². The number of allylic oxidation sites excluding steroid dienone is 6. The molecule has 0 spiro atoms. The Morgan fingerprint density at radius 3 is 1.65 bits per heavy atom. The summed E-state index contributed by atoms with van der Waals surface area (Å²) < 4.78 is 26.6. The van der Waals surface area contributed by atoms with Gasteiger partial charge in [0.1, 0.15) is 12.7 Å². The summed E-state index contributed by atoms with van der Waals surface area (Å²) in [5.41, 5.74) is 0. The Labute approximate surface area is 308 Å². The molecule has 0 aromatic rings. The molecule has 0 bridgehead atoms. The van der Waals surface area contributed by atoms with Crippen LogP contribution in [0.4, 0.5) is 0 Å². The van der Waals surface area contributed by atoms with Crippen molar-refractivity contribution >= 4 is 25.7 Å². The molecule has 0 fully saturated rings. The highest BCUT2D eigenvalue weighted by atomic mass is 31.2. The molecule has 0 radical (unpaired) electrons. The van der Waals surface area contributed by atoms with E-state index in [1.54, 1.807) is 0 Å². The van der Waals surface area contributed by atoms with Gasteiger partial charge in [-0.15, -0.1) is 0 Å². The second-order valence-corrected chi connectivity index (χ2v) is 14.6. The lowest BCUT2D eigenvalue weighted by Gasteiger charge is -2.18. The number of aliphatic carboxylic acids is 1. The molecule has 0 aromatic carbocycles. The largest absolute Gasteiger partial charge is 0.480 e. The predicted octanol–water partition coefficient (Wildman–Crippen LogP) is 9.27. The SMILES string of the molecule is CCCCC/C=C\C/C=C\C/C=C\CCCCCCCCCCC(=O)OCC(O)COP(=O)(O)OCC(NC(=O)CCCCCCCC)C(=O)O. The molecule has 3 atom stereocenters. The summed E-state index contributed by atoms with van der Waals surface area (Å²) in [6, 6.07) is -1.54. The Kier molecular flexibility index (Phi) is 33.2. The number of amides is 1. The van der Waals surface area contributed by atoms with Gasteiger partial charge in [0, 0.05) is 12.8 Å². The Morgan fingerprint density at radius 2 is 1.08 bits per heavy atom. The number of nitrogens with one attached hydrogen (secondary N) is 1. The van der Waals surface area contributed by atoms with Gasteiger partial charge in [-0.25, -0.2) is 9.36 Å². The van der Waals surface area contributed by atoms with Crippen molar-refractivity contribution in [3.63, 3.8) is 0 Å². The second-order valence-electron chi connectivity index (χ2n) is 13.1. The molecule has 4 N–H and O–H groups in total. The molecule has 11 nitrogen and oxygen atoms in total. The number of aliphatic hydroxyl groups is 1. The fourth-order valence-corrected chi connectivity index (χ4v) is 5.86. The molecule has 296 valence electrons. The first kappa shape index (κ1) is 48.7. The van der Waals surface area contributed by atoms with Gasteiger partial charge >= 0.3 is 19.8 Å². The number of aliphatic hydroxyl groups excluding tert-OH is 1. The number of ether oxygens (including phenoxy) is 1. The first-order valence-electron chi connectivity index (χ1n) is 19.5. The van der Waals surface area contributed by atoms with Gasteiger partial charge in [-0.1, -0.05) is 134 Å². The zero-order valence-electron chi connectivity index (χ0n) is 31.7. The molecule has 1 amide bonds. The number of carboxylic acid groups (broad SMARTS) is 1. The van der Waals surface area contributed by atoms with Gasteiger partial charge in [0.25, 0.3) is 0 Å². The van der Waals surface area contributed by atoms with E-state index >= 15 is 0 Å². The summed E-state index contributed by atoms with van der Waals surface area (Å²) in [7, 11) is -4.74. The van der Waals surface area contributed by atoms with Crippen molar-refractivity contribution in [2.24, 2.45) is 0 Å². The van der Waals surface area contributed by atoms with Crippen molar-refractivity contribution in [3.05, 3.63) is 36.5 Å². The van der Waals surface area contributed by atoms with Crippen LogP contribution in [0.2, 0.25) is 0 Å². The zero-order valence-corrected chi connectivity index (χ0v) is 32.5. The van der Waals surface area contributed by atoms with Crippen LogP contribution in [-0.2, 0) is 32.7 Å². The third-order valence-corrected chi connectivity index (χ3v) is 9.13. The number of phosphoric ester groups is 1. The molecule has 0 aliphatic carbocycles. The van der Waals surface area contributed by atoms with Crippen molar-refractivity contribution in [2.75, 3.05) is 19.8 Å². The first-order chi connectivity index (χ1) is 24.6. The van der Waals surface area contributed by atoms with Crippen LogP contribution in [0.15, 0.2) is 36.5 Å². The fraction of sp³-hybridized carbons (Fsp3) is 0.769. The quantitative estimate of drug-likeness (QED) is 0.0210. The monoisotopic (exact) mass is 743 g/mol. The van der Waals surface area contributed by atoms with Crippen LogP contribution in [-0.4, -0.2) is 64.9 Å². The molecule has 0 aliphatic heterocycles. The number of unbranched alkanes of at least 4 members (excludes halogenated alkanes) is 16. The van der Waals surface area contributed by atoms with E-state index in [9.17, 15) is 34.1 Å². The van der Waals surface area contributed by atoms with Crippen LogP contribution in [0.5, 0.6) is 0 Å². The highest BCUT2D eigenvalue weighted by Gasteiger charge is 2.28.